The molecule has 102 valence electrons. The van der Waals surface area contributed by atoms with E-state index in [2.05, 4.69) is 19.2 Å². The Balaban J connectivity index is 0.00000256. The molecule has 0 aromatic heterocycles. The van der Waals surface area contributed by atoms with Crippen molar-refractivity contribution in [3.63, 3.8) is 0 Å². The molecule has 1 aliphatic heterocycles. The molecule has 0 spiro atoms. The van der Waals surface area contributed by atoms with Gasteiger partial charge in [0.05, 0.1) is 6.10 Å². The van der Waals surface area contributed by atoms with Gasteiger partial charge in [0.2, 0.25) is 0 Å². The zero-order valence-electron chi connectivity index (χ0n) is 11.2. The van der Waals surface area contributed by atoms with Gasteiger partial charge in [-0.1, -0.05) is 13.8 Å². The molecule has 1 rings (SSSR count). The Morgan fingerprint density at radius 2 is 1.82 bits per heavy atom. The lowest BCUT2D eigenvalue weighted by Crippen LogP contribution is -2.39. The molecular weight excluding hydrogens is 238 g/mol. The van der Waals surface area contributed by atoms with E-state index in [4.69, 9.17) is 4.74 Å². The number of carbonyl (C=O) groups excluding carboxylic acids is 1. The minimum Gasteiger partial charge on any atom is -0.465 e. The Labute approximate surface area is 111 Å². The summed E-state index contributed by atoms with van der Waals surface area (Å²) in [5, 5.41) is 3.41. The molecule has 0 aromatic rings. The minimum absolute atomic E-state index is 0. The summed E-state index contributed by atoms with van der Waals surface area (Å²) in [5.74, 6) is 0.710. The van der Waals surface area contributed by atoms with Gasteiger partial charge in [-0.2, -0.15) is 0 Å². The van der Waals surface area contributed by atoms with Gasteiger partial charge in [0.1, 0.15) is 0 Å². The first-order chi connectivity index (χ1) is 7.58. The third-order valence-electron chi connectivity index (χ3n) is 3.51. The molecule has 1 N–H and O–H groups in total. The molecule has 1 aliphatic rings. The van der Waals surface area contributed by atoms with Crippen molar-refractivity contribution in [1.29, 1.82) is 0 Å². The summed E-state index contributed by atoms with van der Waals surface area (Å²) < 4.78 is 5.05. The van der Waals surface area contributed by atoms with Crippen LogP contribution in [0.2, 0.25) is 0 Å². The van der Waals surface area contributed by atoms with Gasteiger partial charge in [0, 0.05) is 0 Å². The molecule has 17 heavy (non-hydrogen) atoms. The van der Waals surface area contributed by atoms with E-state index in [-0.39, 0.29) is 18.5 Å². The van der Waals surface area contributed by atoms with Gasteiger partial charge in [-0.3, -0.25) is 4.79 Å². The zero-order valence-corrected chi connectivity index (χ0v) is 12.0. The number of hydrogen-bond donors (Lipinski definition) is 1. The number of nitrogens with one attached hydrogen (secondary N) is 1. The number of ether oxygens (including phenoxy) is 1. The Morgan fingerprint density at radius 3 is 2.29 bits per heavy atom. The monoisotopic (exact) mass is 263 g/mol. The van der Waals surface area contributed by atoms with Crippen LogP contribution in [0.4, 0.5) is 0 Å². The van der Waals surface area contributed by atoms with Crippen molar-refractivity contribution >= 4 is 18.9 Å². The largest absolute Gasteiger partial charge is 0.465 e. The van der Waals surface area contributed by atoms with E-state index in [0.29, 0.717) is 17.8 Å². The summed E-state index contributed by atoms with van der Waals surface area (Å²) in [6, 6.07) is 0. The highest BCUT2D eigenvalue weighted by atomic mass is 35.5. The first-order valence-corrected chi connectivity index (χ1v) is 6.38. The third kappa shape index (κ3) is 5.73. The molecule has 1 heterocycles. The maximum atomic E-state index is 10.3. The zero-order chi connectivity index (χ0) is 12.0. The second-order valence-corrected chi connectivity index (χ2v) is 5.60. The highest BCUT2D eigenvalue weighted by Gasteiger charge is 2.34. The molecule has 1 atom stereocenters. The smallest absolute Gasteiger partial charge is 0.293 e. The molecule has 0 bridgehead atoms. The normalized spacial score (nSPS) is 20.5. The molecule has 3 nitrogen and oxygen atoms in total. The summed E-state index contributed by atoms with van der Waals surface area (Å²) in [6.07, 6.45) is 4.71. The lowest BCUT2D eigenvalue weighted by molar-refractivity contribution is -0.134. The SMILES string of the molecule is CC(C)CC1(CC(C)OC=O)CCNCC1.Cl. The van der Waals surface area contributed by atoms with Crippen molar-refractivity contribution in [3.05, 3.63) is 0 Å². The summed E-state index contributed by atoms with van der Waals surface area (Å²) in [6.45, 7) is 9.32. The molecular formula is C13H26ClNO2. The van der Waals surface area contributed by atoms with Crippen LogP contribution in [-0.4, -0.2) is 25.7 Å². The number of piperidine rings is 1. The van der Waals surface area contributed by atoms with Crippen molar-refractivity contribution in [1.82, 2.24) is 5.32 Å². The third-order valence-corrected chi connectivity index (χ3v) is 3.51. The first kappa shape index (κ1) is 16.7. The Bertz CT molecular complexity index is 215. The molecule has 1 saturated heterocycles. The quantitative estimate of drug-likeness (QED) is 0.749. The highest BCUT2D eigenvalue weighted by Crippen LogP contribution is 2.40. The van der Waals surface area contributed by atoms with E-state index in [1.165, 1.54) is 19.3 Å². The standard InChI is InChI=1S/C13H25NO2.ClH/c1-11(2)8-13(4-6-14-7-5-13)9-12(3)16-10-15;/h10-12,14H,4-9H2,1-3H3;1H. The van der Waals surface area contributed by atoms with Crippen LogP contribution in [0.3, 0.4) is 0 Å². The van der Waals surface area contributed by atoms with Gasteiger partial charge >= 0.3 is 0 Å². The van der Waals surface area contributed by atoms with Crippen LogP contribution in [-0.2, 0) is 9.53 Å². The van der Waals surface area contributed by atoms with Gasteiger partial charge in [-0.25, -0.2) is 0 Å². The predicted octanol–water partition coefficient (Wildman–Crippen LogP) is 2.78. The van der Waals surface area contributed by atoms with Gasteiger partial charge in [-0.15, -0.1) is 12.4 Å². The van der Waals surface area contributed by atoms with Crippen LogP contribution in [0.15, 0.2) is 0 Å². The Hall–Kier alpha value is -0.280. The van der Waals surface area contributed by atoms with E-state index in [0.717, 1.165) is 19.5 Å². The average molecular weight is 264 g/mol. The van der Waals surface area contributed by atoms with Crippen molar-refractivity contribution in [2.75, 3.05) is 13.1 Å². The van der Waals surface area contributed by atoms with Crippen molar-refractivity contribution in [2.45, 2.75) is 52.6 Å². The van der Waals surface area contributed by atoms with Crippen molar-refractivity contribution in [2.24, 2.45) is 11.3 Å². The van der Waals surface area contributed by atoms with Crippen LogP contribution in [0.5, 0.6) is 0 Å². The number of rotatable bonds is 6. The van der Waals surface area contributed by atoms with Crippen LogP contribution in [0.25, 0.3) is 0 Å². The Morgan fingerprint density at radius 1 is 1.24 bits per heavy atom. The maximum absolute atomic E-state index is 10.3. The highest BCUT2D eigenvalue weighted by molar-refractivity contribution is 5.85. The van der Waals surface area contributed by atoms with Crippen LogP contribution < -0.4 is 5.32 Å². The second-order valence-electron chi connectivity index (χ2n) is 5.60. The van der Waals surface area contributed by atoms with Crippen molar-refractivity contribution < 1.29 is 9.53 Å². The summed E-state index contributed by atoms with van der Waals surface area (Å²) in [7, 11) is 0. The lowest BCUT2D eigenvalue weighted by atomic mass is 9.70. The minimum atomic E-state index is 0. The summed E-state index contributed by atoms with van der Waals surface area (Å²) in [5.41, 5.74) is 0.377. The predicted molar refractivity (Wildman–Crippen MR) is 72.5 cm³/mol. The lowest BCUT2D eigenvalue weighted by Gasteiger charge is -2.40. The van der Waals surface area contributed by atoms with E-state index < -0.39 is 0 Å². The van der Waals surface area contributed by atoms with Crippen molar-refractivity contribution in [3.8, 4) is 0 Å². The molecule has 4 heteroatoms. The maximum Gasteiger partial charge on any atom is 0.293 e. The topological polar surface area (TPSA) is 38.3 Å². The number of halogens is 1. The van der Waals surface area contributed by atoms with E-state index in [9.17, 15) is 4.79 Å². The molecule has 0 radical (unpaired) electrons. The van der Waals surface area contributed by atoms with E-state index in [1.807, 2.05) is 6.92 Å². The summed E-state index contributed by atoms with van der Waals surface area (Å²) >= 11 is 0. The molecule has 0 aliphatic carbocycles. The van der Waals surface area contributed by atoms with Gasteiger partial charge < -0.3 is 10.1 Å². The Kier molecular flexibility index (Phi) is 7.80. The van der Waals surface area contributed by atoms with Gasteiger partial charge in [0.25, 0.3) is 6.47 Å². The molecule has 0 amide bonds. The van der Waals surface area contributed by atoms with Crippen LogP contribution >= 0.6 is 12.4 Å². The fourth-order valence-corrected chi connectivity index (χ4v) is 3.07. The number of hydrogen-bond acceptors (Lipinski definition) is 3. The summed E-state index contributed by atoms with van der Waals surface area (Å²) in [4.78, 5) is 10.3. The van der Waals surface area contributed by atoms with E-state index in [1.54, 1.807) is 0 Å². The molecule has 1 unspecified atom stereocenters. The van der Waals surface area contributed by atoms with Gasteiger partial charge in [-0.05, 0) is 57.0 Å². The average Bonchev–Trinajstić information content (AvgIpc) is 2.17. The fraction of sp³-hybridized carbons (Fsp3) is 0.923. The van der Waals surface area contributed by atoms with E-state index >= 15 is 0 Å². The van der Waals surface area contributed by atoms with Crippen LogP contribution in [0, 0.1) is 11.3 Å². The van der Waals surface area contributed by atoms with Gasteiger partial charge in [0.15, 0.2) is 0 Å². The fourth-order valence-electron chi connectivity index (χ4n) is 3.07. The molecule has 0 saturated carbocycles. The first-order valence-electron chi connectivity index (χ1n) is 6.38. The molecule has 1 fully saturated rings. The second kappa shape index (κ2) is 7.93. The van der Waals surface area contributed by atoms with Crippen LogP contribution in [0.1, 0.15) is 46.5 Å². The number of carbonyl (C=O) groups is 1. The molecule has 0 aromatic carbocycles.